The lowest BCUT2D eigenvalue weighted by molar-refractivity contribution is -0.121. The molecule has 0 bridgehead atoms. The molecule has 1 saturated carbocycles. The number of halogens is 1. The number of carbonyl (C=O) groups excluding carboxylic acids is 1. The molecule has 3 rings (SSSR count). The first-order valence-electron chi connectivity index (χ1n) is 7.65. The highest BCUT2D eigenvalue weighted by atomic mass is 35.5. The second kappa shape index (κ2) is 7.11. The molecule has 1 unspecified atom stereocenters. The van der Waals surface area contributed by atoms with E-state index in [0.717, 1.165) is 23.3 Å². The molecule has 2 aromatic rings. The van der Waals surface area contributed by atoms with E-state index in [0.29, 0.717) is 19.0 Å². The fourth-order valence-corrected chi connectivity index (χ4v) is 2.69. The Labute approximate surface area is 136 Å². The number of para-hydroxylation sites is 2. The third-order valence-electron chi connectivity index (χ3n) is 4.11. The lowest BCUT2D eigenvalue weighted by Gasteiger charge is -2.13. The van der Waals surface area contributed by atoms with Crippen molar-refractivity contribution < 1.29 is 4.79 Å². The molecule has 1 fully saturated rings. The van der Waals surface area contributed by atoms with E-state index < -0.39 is 0 Å². The van der Waals surface area contributed by atoms with E-state index in [1.54, 1.807) is 0 Å². The smallest absolute Gasteiger partial charge is 0.240 e. The first-order chi connectivity index (χ1) is 10.2. The summed E-state index contributed by atoms with van der Waals surface area (Å²) in [7, 11) is 0. The molecule has 1 amide bonds. The van der Waals surface area contributed by atoms with Crippen LogP contribution in [-0.2, 0) is 17.8 Å². The minimum Gasteiger partial charge on any atom is -0.353 e. The first kappa shape index (κ1) is 16.8. The van der Waals surface area contributed by atoms with Crippen LogP contribution >= 0.6 is 12.4 Å². The predicted molar refractivity (Wildman–Crippen MR) is 90.1 cm³/mol. The third-order valence-corrected chi connectivity index (χ3v) is 4.11. The minimum atomic E-state index is 0. The molecule has 1 aromatic carbocycles. The number of amides is 1. The molecule has 1 aromatic heterocycles. The van der Waals surface area contributed by atoms with Crippen molar-refractivity contribution in [1.29, 1.82) is 0 Å². The summed E-state index contributed by atoms with van der Waals surface area (Å²) in [5.41, 5.74) is 7.97. The van der Waals surface area contributed by atoms with Crippen molar-refractivity contribution in [2.24, 2.45) is 11.7 Å². The van der Waals surface area contributed by atoms with Gasteiger partial charge in [-0.05, 0) is 30.9 Å². The van der Waals surface area contributed by atoms with Gasteiger partial charge in [-0.1, -0.05) is 19.1 Å². The van der Waals surface area contributed by atoms with Gasteiger partial charge in [-0.3, -0.25) is 4.79 Å². The van der Waals surface area contributed by atoms with E-state index in [4.69, 9.17) is 5.73 Å². The lowest BCUT2D eigenvalue weighted by atomic mass is 10.2. The Hall–Kier alpha value is -1.59. The van der Waals surface area contributed by atoms with Crippen molar-refractivity contribution in [3.63, 3.8) is 0 Å². The monoisotopic (exact) mass is 322 g/mol. The quantitative estimate of drug-likeness (QED) is 0.852. The number of aromatic nitrogens is 2. The van der Waals surface area contributed by atoms with E-state index in [1.807, 2.05) is 28.8 Å². The number of aryl methyl sites for hydroxylation is 1. The highest BCUT2D eigenvalue weighted by Gasteiger charge is 2.28. The van der Waals surface area contributed by atoms with Crippen molar-refractivity contribution in [1.82, 2.24) is 14.9 Å². The van der Waals surface area contributed by atoms with Crippen LogP contribution in [0.3, 0.4) is 0 Å². The maximum atomic E-state index is 12.2. The Morgan fingerprint density at radius 2 is 2.18 bits per heavy atom. The fraction of sp³-hybridized carbons (Fsp3) is 0.500. The van der Waals surface area contributed by atoms with Crippen molar-refractivity contribution in [2.45, 2.75) is 38.8 Å². The van der Waals surface area contributed by atoms with Crippen LogP contribution < -0.4 is 11.1 Å². The minimum absolute atomic E-state index is 0. The van der Waals surface area contributed by atoms with Crippen LogP contribution in [0.2, 0.25) is 0 Å². The van der Waals surface area contributed by atoms with Gasteiger partial charge in [0.2, 0.25) is 5.91 Å². The number of nitrogens with zero attached hydrogens (tertiary/aromatic N) is 2. The number of nitrogens with two attached hydrogens (primary N) is 1. The van der Waals surface area contributed by atoms with Crippen LogP contribution in [0.4, 0.5) is 0 Å². The molecule has 0 saturated heterocycles. The highest BCUT2D eigenvalue weighted by Crippen LogP contribution is 2.31. The molecule has 0 aliphatic heterocycles. The Morgan fingerprint density at radius 3 is 2.86 bits per heavy atom. The van der Waals surface area contributed by atoms with Gasteiger partial charge in [0.15, 0.2) is 0 Å². The molecule has 0 radical (unpaired) electrons. The van der Waals surface area contributed by atoms with Crippen LogP contribution in [0.5, 0.6) is 0 Å². The van der Waals surface area contributed by atoms with E-state index in [1.165, 1.54) is 12.8 Å². The second-order valence-corrected chi connectivity index (χ2v) is 5.76. The number of benzene rings is 1. The highest BCUT2D eigenvalue weighted by molar-refractivity contribution is 5.85. The van der Waals surface area contributed by atoms with E-state index in [2.05, 4.69) is 17.2 Å². The predicted octanol–water partition coefficient (Wildman–Crippen LogP) is 1.87. The van der Waals surface area contributed by atoms with Gasteiger partial charge in [0.25, 0.3) is 0 Å². The second-order valence-electron chi connectivity index (χ2n) is 5.76. The number of hydrogen-bond acceptors (Lipinski definition) is 3. The zero-order valence-corrected chi connectivity index (χ0v) is 13.6. The molecule has 22 heavy (non-hydrogen) atoms. The number of fused-ring (bicyclic) bond motifs is 1. The molecule has 5 nitrogen and oxygen atoms in total. The van der Waals surface area contributed by atoms with Crippen LogP contribution in [0.15, 0.2) is 24.3 Å². The normalized spacial score (nSPS) is 15.4. The van der Waals surface area contributed by atoms with Crippen molar-refractivity contribution in [3.05, 3.63) is 30.1 Å². The Balaban J connectivity index is 0.00000176. The maximum absolute atomic E-state index is 12.2. The Morgan fingerprint density at radius 1 is 1.45 bits per heavy atom. The number of rotatable bonds is 6. The molecule has 1 aliphatic carbocycles. The molecule has 0 spiro atoms. The SMILES string of the molecule is CCc1nc2ccccc2n1CC(=O)NCC(N)C1CC1.Cl. The van der Waals surface area contributed by atoms with Gasteiger partial charge in [-0.15, -0.1) is 12.4 Å². The topological polar surface area (TPSA) is 72.9 Å². The van der Waals surface area contributed by atoms with Gasteiger partial charge in [0, 0.05) is 19.0 Å². The van der Waals surface area contributed by atoms with Gasteiger partial charge in [-0.2, -0.15) is 0 Å². The molecule has 6 heteroatoms. The molecular weight excluding hydrogens is 300 g/mol. The summed E-state index contributed by atoms with van der Waals surface area (Å²) in [4.78, 5) is 16.7. The summed E-state index contributed by atoms with van der Waals surface area (Å²) in [5.74, 6) is 1.55. The summed E-state index contributed by atoms with van der Waals surface area (Å²) < 4.78 is 1.99. The van der Waals surface area contributed by atoms with Gasteiger partial charge >= 0.3 is 0 Å². The van der Waals surface area contributed by atoms with Crippen LogP contribution in [0.1, 0.15) is 25.6 Å². The number of nitrogens with one attached hydrogen (secondary N) is 1. The van der Waals surface area contributed by atoms with E-state index in [9.17, 15) is 4.79 Å². The molecule has 1 aliphatic rings. The third kappa shape index (κ3) is 3.59. The van der Waals surface area contributed by atoms with Crippen LogP contribution in [0.25, 0.3) is 11.0 Å². The average Bonchev–Trinajstić information content (AvgIpc) is 3.29. The summed E-state index contributed by atoms with van der Waals surface area (Å²) in [6, 6.07) is 8.02. The van der Waals surface area contributed by atoms with Crippen LogP contribution in [0, 0.1) is 5.92 Å². The van der Waals surface area contributed by atoms with Gasteiger partial charge < -0.3 is 15.6 Å². The van der Waals surface area contributed by atoms with Crippen molar-refractivity contribution >= 4 is 29.3 Å². The Bertz CT molecular complexity index is 651. The summed E-state index contributed by atoms with van der Waals surface area (Å²) in [5, 5.41) is 2.95. The van der Waals surface area contributed by atoms with Crippen molar-refractivity contribution in [2.75, 3.05) is 6.54 Å². The lowest BCUT2D eigenvalue weighted by Crippen LogP contribution is -2.40. The fourth-order valence-electron chi connectivity index (χ4n) is 2.69. The molecule has 120 valence electrons. The molecule has 3 N–H and O–H groups in total. The van der Waals surface area contributed by atoms with E-state index >= 15 is 0 Å². The van der Waals surface area contributed by atoms with Gasteiger partial charge in [0.05, 0.1) is 11.0 Å². The Kier molecular flexibility index (Phi) is 5.42. The zero-order chi connectivity index (χ0) is 14.8. The standard InChI is InChI=1S/C16H22N4O.ClH/c1-2-15-19-13-5-3-4-6-14(13)20(15)10-16(21)18-9-12(17)11-7-8-11;/h3-6,11-12H,2,7-10,17H2,1H3,(H,18,21);1H. The molecule has 1 atom stereocenters. The number of carbonyl (C=O) groups is 1. The average molecular weight is 323 g/mol. The van der Waals surface area contributed by atoms with Gasteiger partial charge in [-0.25, -0.2) is 4.98 Å². The number of hydrogen-bond donors (Lipinski definition) is 2. The van der Waals surface area contributed by atoms with E-state index in [-0.39, 0.29) is 24.4 Å². The van der Waals surface area contributed by atoms with Crippen molar-refractivity contribution in [3.8, 4) is 0 Å². The zero-order valence-electron chi connectivity index (χ0n) is 12.8. The molecular formula is C16H23ClN4O. The number of imidazole rings is 1. The van der Waals surface area contributed by atoms with Gasteiger partial charge in [0.1, 0.15) is 12.4 Å². The summed E-state index contributed by atoms with van der Waals surface area (Å²) in [6.45, 7) is 2.93. The summed E-state index contributed by atoms with van der Waals surface area (Å²) in [6.07, 6.45) is 3.20. The maximum Gasteiger partial charge on any atom is 0.240 e. The molecule has 1 heterocycles. The first-order valence-corrected chi connectivity index (χ1v) is 7.65. The van der Waals surface area contributed by atoms with Crippen LogP contribution in [-0.4, -0.2) is 28.0 Å². The largest absolute Gasteiger partial charge is 0.353 e. The summed E-state index contributed by atoms with van der Waals surface area (Å²) >= 11 is 0.